The van der Waals surface area contributed by atoms with Crippen molar-refractivity contribution in [1.82, 2.24) is 4.90 Å². The van der Waals surface area contributed by atoms with Crippen molar-refractivity contribution in [2.75, 3.05) is 18.9 Å². The van der Waals surface area contributed by atoms with Crippen LogP contribution in [0.5, 0.6) is 0 Å². The molecule has 0 unspecified atom stereocenters. The molecule has 1 N–H and O–H groups in total. The van der Waals surface area contributed by atoms with Gasteiger partial charge in [0.05, 0.1) is 17.0 Å². The van der Waals surface area contributed by atoms with Crippen LogP contribution in [0.4, 0.5) is 25.8 Å². The summed E-state index contributed by atoms with van der Waals surface area (Å²) in [5, 5.41) is 3.79. The molecule has 2 aromatic rings. The lowest BCUT2D eigenvalue weighted by Gasteiger charge is -2.13. The second kappa shape index (κ2) is 9.06. The molecule has 0 aliphatic heterocycles. The van der Waals surface area contributed by atoms with E-state index in [0.717, 1.165) is 23.5 Å². The molecule has 2 aromatic carbocycles. The Morgan fingerprint density at radius 1 is 1.28 bits per heavy atom. The number of nitrogens with one attached hydrogen (secondary N) is 1. The number of hydrogen-bond acceptors (Lipinski definition) is 3. The van der Waals surface area contributed by atoms with Crippen LogP contribution in [0.25, 0.3) is 0 Å². The monoisotopic (exact) mass is 383 g/mol. The fourth-order valence-electron chi connectivity index (χ4n) is 2.02. The normalized spacial score (nSPS) is 11.3. The first-order valence-electron chi connectivity index (χ1n) is 7.75. The van der Waals surface area contributed by atoms with Crippen molar-refractivity contribution in [3.63, 3.8) is 0 Å². The van der Waals surface area contributed by atoms with Gasteiger partial charge in [0.25, 0.3) is 5.76 Å². The number of thioether (sulfide) groups is 1. The Morgan fingerprint density at radius 2 is 1.96 bits per heavy atom. The number of aryl methyl sites for hydroxylation is 1. The Kier molecular flexibility index (Phi) is 7.08. The van der Waals surface area contributed by atoms with E-state index >= 15 is 0 Å². The number of hydrogen-bond donors (Lipinski definition) is 1. The Hall–Kier alpha value is -1.79. The number of aliphatic imine (C=N–C) groups is 1. The van der Waals surface area contributed by atoms with Crippen LogP contribution in [0.1, 0.15) is 12.5 Å². The van der Waals surface area contributed by atoms with Gasteiger partial charge in [-0.25, -0.2) is 4.99 Å². The quantitative estimate of drug-likeness (QED) is 0.344. The van der Waals surface area contributed by atoms with Crippen molar-refractivity contribution >= 4 is 46.8 Å². The molecule has 134 valence electrons. The number of anilines is 2. The molecule has 0 atom stereocenters. The van der Waals surface area contributed by atoms with E-state index in [1.165, 1.54) is 0 Å². The van der Waals surface area contributed by atoms with E-state index < -0.39 is 5.76 Å². The SMILES string of the molecule is CCN(C)C=Nc1cc(C)c(Nc2ccc(SC(F)F)cc2)cc1Cl. The van der Waals surface area contributed by atoms with Crippen LogP contribution in [0, 0.1) is 6.92 Å². The van der Waals surface area contributed by atoms with Gasteiger partial charge in [0, 0.05) is 29.9 Å². The molecule has 0 aliphatic carbocycles. The standard InChI is InChI=1S/C18H20ClF2N3S/c1-4-24(3)11-22-17-9-12(2)16(10-15(17)19)23-13-5-7-14(8-6-13)25-18(20)21/h5-11,18,23H,4H2,1-3H3. The van der Waals surface area contributed by atoms with Gasteiger partial charge >= 0.3 is 0 Å². The maximum atomic E-state index is 12.4. The van der Waals surface area contributed by atoms with Crippen molar-refractivity contribution in [2.24, 2.45) is 4.99 Å². The molecular formula is C18H20ClF2N3S. The van der Waals surface area contributed by atoms with Crippen LogP contribution in [-0.2, 0) is 0 Å². The minimum absolute atomic E-state index is 0.528. The zero-order valence-electron chi connectivity index (χ0n) is 14.3. The molecule has 0 radical (unpaired) electrons. The molecule has 0 spiro atoms. The van der Waals surface area contributed by atoms with E-state index in [-0.39, 0.29) is 0 Å². The van der Waals surface area contributed by atoms with Gasteiger partial charge in [0.15, 0.2) is 0 Å². The number of rotatable bonds is 7. The van der Waals surface area contributed by atoms with Gasteiger partial charge in [0.1, 0.15) is 0 Å². The van der Waals surface area contributed by atoms with Crippen LogP contribution in [-0.4, -0.2) is 30.6 Å². The van der Waals surface area contributed by atoms with Crippen LogP contribution in [0.2, 0.25) is 5.02 Å². The lowest BCUT2D eigenvalue weighted by atomic mass is 10.1. The van der Waals surface area contributed by atoms with Gasteiger partial charge in [-0.1, -0.05) is 23.4 Å². The van der Waals surface area contributed by atoms with Crippen molar-refractivity contribution < 1.29 is 8.78 Å². The van der Waals surface area contributed by atoms with Gasteiger partial charge in [-0.15, -0.1) is 0 Å². The predicted octanol–water partition coefficient (Wildman–Crippen LogP) is 6.32. The third-order valence-electron chi connectivity index (χ3n) is 3.55. The highest BCUT2D eigenvalue weighted by Crippen LogP contribution is 2.33. The first kappa shape index (κ1) is 19.5. The third-order valence-corrected chi connectivity index (χ3v) is 4.57. The summed E-state index contributed by atoms with van der Waals surface area (Å²) in [5.74, 6) is -2.42. The van der Waals surface area contributed by atoms with Gasteiger partial charge in [-0.2, -0.15) is 8.78 Å². The Labute approximate surface area is 156 Å². The highest BCUT2D eigenvalue weighted by Gasteiger charge is 2.08. The molecular weight excluding hydrogens is 364 g/mol. The molecule has 3 nitrogen and oxygen atoms in total. The number of benzene rings is 2. The van der Waals surface area contributed by atoms with Crippen molar-refractivity contribution in [3.8, 4) is 0 Å². The van der Waals surface area contributed by atoms with E-state index in [1.54, 1.807) is 30.6 Å². The van der Waals surface area contributed by atoms with E-state index in [4.69, 9.17) is 11.6 Å². The second-order valence-corrected chi connectivity index (χ2v) is 6.93. The van der Waals surface area contributed by atoms with Gasteiger partial charge in [0.2, 0.25) is 0 Å². The summed E-state index contributed by atoms with van der Waals surface area (Å²) in [5.41, 5.74) is 3.34. The van der Waals surface area contributed by atoms with E-state index in [1.807, 2.05) is 37.9 Å². The van der Waals surface area contributed by atoms with Gasteiger partial charge < -0.3 is 10.2 Å². The number of halogens is 3. The number of nitrogens with zero attached hydrogens (tertiary/aromatic N) is 2. The molecule has 0 aromatic heterocycles. The topological polar surface area (TPSA) is 27.6 Å². The summed E-state index contributed by atoms with van der Waals surface area (Å²) in [4.78, 5) is 6.88. The average molecular weight is 384 g/mol. The maximum absolute atomic E-state index is 12.4. The molecule has 25 heavy (non-hydrogen) atoms. The van der Waals surface area contributed by atoms with Crippen molar-refractivity contribution in [3.05, 3.63) is 47.0 Å². The van der Waals surface area contributed by atoms with Crippen LogP contribution in [0.3, 0.4) is 0 Å². The fraction of sp³-hybridized carbons (Fsp3) is 0.278. The zero-order valence-corrected chi connectivity index (χ0v) is 15.8. The van der Waals surface area contributed by atoms with Crippen LogP contribution >= 0.6 is 23.4 Å². The second-order valence-electron chi connectivity index (χ2n) is 5.46. The zero-order chi connectivity index (χ0) is 18.4. The summed E-state index contributed by atoms with van der Waals surface area (Å²) >= 11 is 6.85. The first-order chi connectivity index (χ1) is 11.9. The summed E-state index contributed by atoms with van der Waals surface area (Å²) in [6.45, 7) is 4.86. The molecule has 0 aliphatic rings. The molecule has 7 heteroatoms. The molecule has 0 saturated heterocycles. The molecule has 0 heterocycles. The van der Waals surface area contributed by atoms with Crippen LogP contribution < -0.4 is 5.32 Å². The first-order valence-corrected chi connectivity index (χ1v) is 9.01. The molecule has 0 fully saturated rings. The number of alkyl halides is 2. The highest BCUT2D eigenvalue weighted by atomic mass is 35.5. The molecule has 2 rings (SSSR count). The van der Waals surface area contributed by atoms with E-state index in [0.29, 0.717) is 27.4 Å². The van der Waals surface area contributed by atoms with E-state index in [9.17, 15) is 8.78 Å². The summed E-state index contributed by atoms with van der Waals surface area (Å²) in [7, 11) is 1.94. The lowest BCUT2D eigenvalue weighted by molar-refractivity contribution is 0.252. The summed E-state index contributed by atoms with van der Waals surface area (Å²) in [6.07, 6.45) is 1.74. The third kappa shape index (κ3) is 5.90. The fourth-order valence-corrected chi connectivity index (χ4v) is 2.73. The average Bonchev–Trinajstić information content (AvgIpc) is 2.57. The largest absolute Gasteiger partial charge is 0.366 e. The highest BCUT2D eigenvalue weighted by molar-refractivity contribution is 7.99. The molecule has 0 amide bonds. The van der Waals surface area contributed by atoms with Crippen molar-refractivity contribution in [1.29, 1.82) is 0 Å². The van der Waals surface area contributed by atoms with Crippen molar-refractivity contribution in [2.45, 2.75) is 24.5 Å². The predicted molar refractivity (Wildman–Crippen MR) is 104 cm³/mol. The maximum Gasteiger partial charge on any atom is 0.288 e. The Bertz CT molecular complexity index is 736. The smallest absolute Gasteiger partial charge is 0.288 e. The summed E-state index contributed by atoms with van der Waals surface area (Å²) < 4.78 is 24.7. The molecule has 0 bridgehead atoms. The minimum Gasteiger partial charge on any atom is -0.366 e. The van der Waals surface area contributed by atoms with Gasteiger partial charge in [-0.05, 0) is 55.8 Å². The lowest BCUT2D eigenvalue weighted by Crippen LogP contribution is -2.14. The van der Waals surface area contributed by atoms with Crippen LogP contribution in [0.15, 0.2) is 46.3 Å². The minimum atomic E-state index is -2.42. The Morgan fingerprint density at radius 3 is 2.56 bits per heavy atom. The summed E-state index contributed by atoms with van der Waals surface area (Å²) in [6, 6.07) is 10.6. The molecule has 0 saturated carbocycles. The van der Waals surface area contributed by atoms with Gasteiger partial charge in [-0.3, -0.25) is 0 Å². The van der Waals surface area contributed by atoms with E-state index in [2.05, 4.69) is 10.3 Å². The Balaban J connectivity index is 2.15.